The van der Waals surface area contributed by atoms with Crippen LogP contribution in [0.5, 0.6) is 0 Å². The molecule has 0 fully saturated rings. The lowest BCUT2D eigenvalue weighted by molar-refractivity contribution is -0.139. The molecule has 3 aromatic rings. The number of carbonyl (C=O) groups is 2. The Kier molecular flexibility index (Phi) is 10.8. The summed E-state index contributed by atoms with van der Waals surface area (Å²) < 4.78 is 0. The Balaban J connectivity index is 1.87. The van der Waals surface area contributed by atoms with Crippen LogP contribution in [-0.4, -0.2) is 34.6 Å². The topological polar surface area (TPSA) is 49.4 Å². The number of hydrogen-bond donors (Lipinski definition) is 1. The summed E-state index contributed by atoms with van der Waals surface area (Å²) in [5.41, 5.74) is 6.89. The number of nitrogens with zero attached hydrogens (tertiary/aromatic N) is 1. The lowest BCUT2D eigenvalue weighted by Gasteiger charge is -2.32. The van der Waals surface area contributed by atoms with Gasteiger partial charge in [-0.25, -0.2) is 0 Å². The van der Waals surface area contributed by atoms with E-state index in [1.807, 2.05) is 55.5 Å². The smallest absolute Gasteiger partial charge is 0.243 e. The van der Waals surface area contributed by atoms with E-state index < -0.39 is 6.04 Å². The number of aryl methyl sites for hydroxylation is 3. The summed E-state index contributed by atoms with van der Waals surface area (Å²) in [6.45, 7) is 10.7. The predicted molar refractivity (Wildman–Crippen MR) is 156 cm³/mol. The van der Waals surface area contributed by atoms with Gasteiger partial charge in [0.1, 0.15) is 6.04 Å². The van der Waals surface area contributed by atoms with Crippen molar-refractivity contribution in [3.63, 3.8) is 0 Å². The largest absolute Gasteiger partial charge is 0.352 e. The van der Waals surface area contributed by atoms with Gasteiger partial charge in [-0.15, -0.1) is 11.8 Å². The first-order chi connectivity index (χ1) is 17.8. The number of hydrogen-bond acceptors (Lipinski definition) is 3. The van der Waals surface area contributed by atoms with Gasteiger partial charge in [0.15, 0.2) is 0 Å². The first-order valence-corrected chi connectivity index (χ1v) is 14.3. The fraction of sp³-hybridized carbons (Fsp3) is 0.375. The number of nitrogens with one attached hydrogen (secondary N) is 1. The van der Waals surface area contributed by atoms with E-state index in [4.69, 9.17) is 0 Å². The summed E-state index contributed by atoms with van der Waals surface area (Å²) in [5.74, 6) is 0.965. The van der Waals surface area contributed by atoms with Gasteiger partial charge in [0, 0.05) is 24.8 Å². The molecule has 0 aromatic heterocycles. The minimum absolute atomic E-state index is 0.0159. The molecular weight excluding hydrogens is 476 g/mol. The molecule has 2 atom stereocenters. The number of amides is 2. The van der Waals surface area contributed by atoms with Crippen LogP contribution < -0.4 is 5.32 Å². The van der Waals surface area contributed by atoms with E-state index in [-0.39, 0.29) is 17.9 Å². The van der Waals surface area contributed by atoms with Crippen molar-refractivity contribution in [2.75, 3.05) is 5.75 Å². The van der Waals surface area contributed by atoms with Crippen LogP contribution in [0.15, 0.2) is 72.8 Å². The molecule has 196 valence electrons. The van der Waals surface area contributed by atoms with Gasteiger partial charge in [0.05, 0.1) is 5.75 Å². The quantitative estimate of drug-likeness (QED) is 0.303. The first kappa shape index (κ1) is 28.5. The van der Waals surface area contributed by atoms with Crippen molar-refractivity contribution < 1.29 is 9.59 Å². The highest BCUT2D eigenvalue weighted by molar-refractivity contribution is 7.99. The maximum atomic E-state index is 13.8. The second kappa shape index (κ2) is 14.0. The molecule has 4 nitrogen and oxygen atoms in total. The van der Waals surface area contributed by atoms with Crippen molar-refractivity contribution in [1.82, 2.24) is 10.2 Å². The molecule has 0 aliphatic heterocycles. The van der Waals surface area contributed by atoms with E-state index in [1.54, 1.807) is 16.7 Å². The second-order valence-corrected chi connectivity index (χ2v) is 10.9. The molecule has 3 rings (SSSR count). The van der Waals surface area contributed by atoms with E-state index in [0.717, 1.165) is 28.9 Å². The van der Waals surface area contributed by atoms with Crippen LogP contribution in [-0.2, 0) is 28.3 Å². The molecule has 0 bridgehead atoms. The number of thioether (sulfide) groups is 1. The van der Waals surface area contributed by atoms with Crippen LogP contribution >= 0.6 is 11.8 Å². The zero-order valence-electron chi connectivity index (χ0n) is 22.8. The van der Waals surface area contributed by atoms with E-state index in [1.165, 1.54) is 16.7 Å². The molecular formula is C32H40N2O2S. The second-order valence-electron chi connectivity index (χ2n) is 9.96. The Morgan fingerprint density at radius 1 is 0.892 bits per heavy atom. The van der Waals surface area contributed by atoms with Gasteiger partial charge < -0.3 is 10.2 Å². The van der Waals surface area contributed by atoms with E-state index in [9.17, 15) is 9.59 Å². The maximum absolute atomic E-state index is 13.8. The Labute approximate surface area is 226 Å². The summed E-state index contributed by atoms with van der Waals surface area (Å²) in [5, 5.41) is 3.14. The van der Waals surface area contributed by atoms with Gasteiger partial charge in [-0.2, -0.15) is 0 Å². The van der Waals surface area contributed by atoms with Crippen molar-refractivity contribution in [2.45, 2.75) is 71.8 Å². The summed E-state index contributed by atoms with van der Waals surface area (Å²) in [7, 11) is 0. The normalized spacial score (nSPS) is 12.6. The summed E-state index contributed by atoms with van der Waals surface area (Å²) in [6, 6.07) is 24.0. The molecule has 0 spiro atoms. The number of benzene rings is 3. The fourth-order valence-electron chi connectivity index (χ4n) is 4.46. The number of rotatable bonds is 12. The van der Waals surface area contributed by atoms with Crippen LogP contribution in [0.4, 0.5) is 0 Å². The van der Waals surface area contributed by atoms with Gasteiger partial charge in [-0.3, -0.25) is 9.59 Å². The summed E-state index contributed by atoms with van der Waals surface area (Å²) in [6.07, 6.45) is 1.31. The third-order valence-corrected chi connectivity index (χ3v) is 7.64. The zero-order valence-corrected chi connectivity index (χ0v) is 23.6. The Hall–Kier alpha value is -3.05. The molecule has 0 aliphatic rings. The molecule has 0 radical (unpaired) electrons. The highest BCUT2D eigenvalue weighted by Crippen LogP contribution is 2.21. The van der Waals surface area contributed by atoms with Crippen molar-refractivity contribution >= 4 is 23.6 Å². The molecule has 3 aromatic carbocycles. The van der Waals surface area contributed by atoms with Crippen LogP contribution in [0.3, 0.4) is 0 Å². The summed E-state index contributed by atoms with van der Waals surface area (Å²) >= 11 is 1.61. The van der Waals surface area contributed by atoms with E-state index in [2.05, 4.69) is 57.3 Å². The molecule has 0 aliphatic carbocycles. The van der Waals surface area contributed by atoms with Gasteiger partial charge in [-0.05, 0) is 56.4 Å². The highest BCUT2D eigenvalue weighted by atomic mass is 32.2. The Morgan fingerprint density at radius 2 is 1.54 bits per heavy atom. The van der Waals surface area contributed by atoms with Crippen molar-refractivity contribution in [1.29, 1.82) is 0 Å². The maximum Gasteiger partial charge on any atom is 0.243 e. The van der Waals surface area contributed by atoms with Crippen molar-refractivity contribution in [2.24, 2.45) is 0 Å². The lowest BCUT2D eigenvalue weighted by Crippen LogP contribution is -2.52. The lowest BCUT2D eigenvalue weighted by atomic mass is 10.0. The standard InChI is InChI=1S/C32H40N2O2S/c1-6-26(5)33-32(36)30(19-27-13-8-7-9-14-27)34(20-29-15-11-10-12-25(29)4)31(35)22-37-21-28-17-23(2)16-24(3)18-28/h7-18,26,30H,6,19-22H2,1-5H3,(H,33,36). The molecule has 1 N–H and O–H groups in total. The van der Waals surface area contributed by atoms with Crippen LogP contribution in [0.2, 0.25) is 0 Å². The van der Waals surface area contributed by atoms with E-state index in [0.29, 0.717) is 18.7 Å². The van der Waals surface area contributed by atoms with Crippen LogP contribution in [0, 0.1) is 20.8 Å². The fourth-order valence-corrected chi connectivity index (χ4v) is 5.30. The third-order valence-electron chi connectivity index (χ3n) is 6.65. The first-order valence-electron chi connectivity index (χ1n) is 13.1. The SMILES string of the molecule is CCC(C)NC(=O)C(Cc1ccccc1)N(Cc1ccccc1C)C(=O)CSCc1cc(C)cc(C)c1. The Morgan fingerprint density at radius 3 is 2.19 bits per heavy atom. The van der Waals surface area contributed by atoms with Crippen molar-refractivity contribution in [3.05, 3.63) is 106 Å². The molecule has 0 saturated heterocycles. The minimum Gasteiger partial charge on any atom is -0.352 e. The van der Waals surface area contributed by atoms with Crippen LogP contribution in [0.25, 0.3) is 0 Å². The highest BCUT2D eigenvalue weighted by Gasteiger charge is 2.31. The molecule has 0 heterocycles. The number of carbonyl (C=O) groups excluding carboxylic acids is 2. The molecule has 37 heavy (non-hydrogen) atoms. The van der Waals surface area contributed by atoms with E-state index >= 15 is 0 Å². The van der Waals surface area contributed by atoms with Gasteiger partial charge >= 0.3 is 0 Å². The molecule has 2 amide bonds. The van der Waals surface area contributed by atoms with Gasteiger partial charge in [0.2, 0.25) is 11.8 Å². The summed E-state index contributed by atoms with van der Waals surface area (Å²) in [4.78, 5) is 29.2. The van der Waals surface area contributed by atoms with Crippen LogP contribution in [0.1, 0.15) is 53.6 Å². The molecule has 0 saturated carbocycles. The van der Waals surface area contributed by atoms with Gasteiger partial charge in [-0.1, -0.05) is 90.8 Å². The molecule has 2 unspecified atom stereocenters. The monoisotopic (exact) mass is 516 g/mol. The predicted octanol–water partition coefficient (Wildman–Crippen LogP) is 6.40. The average Bonchev–Trinajstić information content (AvgIpc) is 2.87. The minimum atomic E-state index is -0.592. The van der Waals surface area contributed by atoms with Gasteiger partial charge in [0.25, 0.3) is 0 Å². The Bertz CT molecular complexity index is 1160. The average molecular weight is 517 g/mol. The van der Waals surface area contributed by atoms with Crippen molar-refractivity contribution in [3.8, 4) is 0 Å². The molecule has 5 heteroatoms. The third kappa shape index (κ3) is 8.78. The zero-order chi connectivity index (χ0) is 26.8.